The molecule has 0 aliphatic heterocycles. The maximum absolute atomic E-state index is 13.1. The molecule has 0 fully saturated rings. The second kappa shape index (κ2) is 8.48. The predicted molar refractivity (Wildman–Crippen MR) is 103 cm³/mol. The minimum atomic E-state index is -0.0210. The molecule has 3 heteroatoms. The van der Waals surface area contributed by atoms with E-state index in [1.807, 2.05) is 96.8 Å². The van der Waals surface area contributed by atoms with E-state index in [9.17, 15) is 4.79 Å². The molecular formula is C22H18O2Se. The van der Waals surface area contributed by atoms with Crippen molar-refractivity contribution in [2.24, 2.45) is 0 Å². The van der Waals surface area contributed by atoms with Crippen LogP contribution in [0.25, 0.3) is 5.76 Å². The predicted octanol–water partition coefficient (Wildman–Crippen LogP) is 5.07. The Morgan fingerprint density at radius 3 is 1.72 bits per heavy atom. The van der Waals surface area contributed by atoms with Crippen LogP contribution in [-0.4, -0.2) is 20.7 Å². The molecule has 2 nitrogen and oxygen atoms in total. The van der Waals surface area contributed by atoms with Crippen LogP contribution in [0.5, 0.6) is 5.75 Å². The molecular weight excluding hydrogens is 375 g/mol. The molecule has 0 aromatic heterocycles. The van der Waals surface area contributed by atoms with Crippen LogP contribution in [-0.2, 0) is 0 Å². The Morgan fingerprint density at radius 2 is 1.20 bits per heavy atom. The second-order valence-electron chi connectivity index (χ2n) is 5.34. The Bertz CT molecular complexity index is 856. The molecule has 3 rings (SSSR count). The molecule has 25 heavy (non-hydrogen) atoms. The van der Waals surface area contributed by atoms with Gasteiger partial charge in [0.2, 0.25) is 0 Å². The van der Waals surface area contributed by atoms with Crippen molar-refractivity contribution < 1.29 is 9.53 Å². The number of para-hydroxylation sites is 1. The van der Waals surface area contributed by atoms with E-state index in [1.165, 1.54) is 0 Å². The summed E-state index contributed by atoms with van der Waals surface area (Å²) < 4.78 is 6.90. The summed E-state index contributed by atoms with van der Waals surface area (Å²) in [6.07, 6.45) is 0. The number of hydrogen-bond donors (Lipinski definition) is 0. The number of hydrogen-bond acceptors (Lipinski definition) is 2. The number of carbonyl (C=O) groups excluding carboxylic acids is 1. The first-order valence-corrected chi connectivity index (χ1v) is 10.5. The van der Waals surface area contributed by atoms with Gasteiger partial charge >= 0.3 is 154 Å². The van der Waals surface area contributed by atoms with Crippen molar-refractivity contribution in [1.82, 2.24) is 0 Å². The number of rotatable bonds is 6. The van der Waals surface area contributed by atoms with Crippen molar-refractivity contribution in [3.8, 4) is 5.75 Å². The number of allylic oxidation sites excluding steroid dienone is 1. The van der Waals surface area contributed by atoms with Gasteiger partial charge in [-0.05, 0) is 0 Å². The summed E-state index contributed by atoms with van der Waals surface area (Å²) in [5, 5.41) is 0. The normalized spacial score (nSPS) is 11.6. The first-order chi connectivity index (χ1) is 12.3. The van der Waals surface area contributed by atoms with Gasteiger partial charge in [-0.15, -0.1) is 0 Å². The third-order valence-electron chi connectivity index (χ3n) is 3.65. The molecule has 0 radical (unpaired) electrons. The van der Waals surface area contributed by atoms with Gasteiger partial charge in [-0.25, -0.2) is 0 Å². The molecule has 0 spiro atoms. The number of ether oxygens (including phenoxy) is 1. The van der Waals surface area contributed by atoms with Crippen molar-refractivity contribution in [2.45, 2.75) is 5.82 Å². The van der Waals surface area contributed by atoms with Crippen LogP contribution >= 0.6 is 0 Å². The van der Waals surface area contributed by atoms with Gasteiger partial charge in [0.25, 0.3) is 0 Å². The van der Waals surface area contributed by atoms with E-state index in [0.717, 1.165) is 15.8 Å². The van der Waals surface area contributed by atoms with Gasteiger partial charge in [0.1, 0.15) is 0 Å². The van der Waals surface area contributed by atoms with Gasteiger partial charge in [0.15, 0.2) is 0 Å². The SMILES string of the molecule is C[Se]/C(C(=O)c1ccccc1)=C(/Oc1ccccc1)c1ccccc1. The number of carbonyl (C=O) groups is 1. The maximum atomic E-state index is 13.1. The summed E-state index contributed by atoms with van der Waals surface area (Å²) in [5.74, 6) is 3.44. The summed E-state index contributed by atoms with van der Waals surface area (Å²) >= 11 is -0.0210. The Balaban J connectivity index is 2.10. The quantitative estimate of drug-likeness (QED) is 0.253. The molecule has 0 saturated carbocycles. The van der Waals surface area contributed by atoms with Crippen molar-refractivity contribution in [3.63, 3.8) is 0 Å². The molecule has 124 valence electrons. The van der Waals surface area contributed by atoms with Crippen LogP contribution in [0.1, 0.15) is 15.9 Å². The van der Waals surface area contributed by atoms with Crippen LogP contribution in [0.15, 0.2) is 95.5 Å². The van der Waals surface area contributed by atoms with Crippen LogP contribution in [0.4, 0.5) is 0 Å². The van der Waals surface area contributed by atoms with E-state index in [1.54, 1.807) is 0 Å². The second-order valence-corrected chi connectivity index (χ2v) is 7.05. The average molecular weight is 393 g/mol. The first-order valence-electron chi connectivity index (χ1n) is 7.96. The van der Waals surface area contributed by atoms with Gasteiger partial charge in [-0.2, -0.15) is 0 Å². The van der Waals surface area contributed by atoms with Gasteiger partial charge in [0.05, 0.1) is 0 Å². The minimum absolute atomic E-state index is 0.0210. The molecule has 3 aromatic carbocycles. The first kappa shape index (κ1) is 17.2. The Morgan fingerprint density at radius 1 is 0.720 bits per heavy atom. The topological polar surface area (TPSA) is 26.3 Å². The van der Waals surface area contributed by atoms with Crippen molar-refractivity contribution >= 4 is 26.5 Å². The summed E-state index contributed by atoms with van der Waals surface area (Å²) in [5.41, 5.74) is 1.60. The van der Waals surface area contributed by atoms with Gasteiger partial charge < -0.3 is 0 Å². The molecule has 0 atom stereocenters. The van der Waals surface area contributed by atoms with Gasteiger partial charge in [-0.3, -0.25) is 0 Å². The fourth-order valence-corrected chi connectivity index (χ4v) is 3.80. The standard InChI is InChI=1S/C22H18O2Se/c1-25-22(20(23)17-11-5-2-6-12-17)21(18-13-7-3-8-14-18)24-19-15-9-4-10-16-19/h2-16H,1H3/b22-21+. The van der Waals surface area contributed by atoms with Gasteiger partial charge in [-0.1, -0.05) is 0 Å². The van der Waals surface area contributed by atoms with Crippen molar-refractivity contribution in [3.05, 3.63) is 107 Å². The third kappa shape index (κ3) is 4.27. The molecule has 0 heterocycles. The fraction of sp³-hybridized carbons (Fsp3) is 0.0455. The molecule has 0 unspecified atom stereocenters. The van der Waals surface area contributed by atoms with Crippen LogP contribution in [0, 0.1) is 0 Å². The number of benzene rings is 3. The molecule has 0 saturated heterocycles. The average Bonchev–Trinajstić information content (AvgIpc) is 2.70. The zero-order valence-corrected chi connectivity index (χ0v) is 15.6. The van der Waals surface area contributed by atoms with Crippen molar-refractivity contribution in [1.29, 1.82) is 0 Å². The molecule has 0 bridgehead atoms. The van der Waals surface area contributed by atoms with Crippen LogP contribution in [0.3, 0.4) is 0 Å². The third-order valence-corrected chi connectivity index (χ3v) is 5.29. The summed E-state index contributed by atoms with van der Waals surface area (Å²) in [7, 11) is 0. The Kier molecular flexibility index (Phi) is 5.84. The van der Waals surface area contributed by atoms with Crippen LogP contribution in [0.2, 0.25) is 5.82 Å². The molecule has 0 N–H and O–H groups in total. The van der Waals surface area contributed by atoms with E-state index in [0.29, 0.717) is 11.3 Å². The molecule has 0 amide bonds. The Hall–Kier alpha value is -2.61. The van der Waals surface area contributed by atoms with E-state index in [-0.39, 0.29) is 20.7 Å². The van der Waals surface area contributed by atoms with Gasteiger partial charge in [0, 0.05) is 0 Å². The van der Waals surface area contributed by atoms with Crippen LogP contribution < -0.4 is 4.74 Å². The summed E-state index contributed by atoms with van der Waals surface area (Å²) in [6.45, 7) is 0. The molecule has 0 aliphatic carbocycles. The number of Topliss-reactive ketones (excluding diaryl/α,β-unsaturated/α-hetero) is 1. The van der Waals surface area contributed by atoms with E-state index < -0.39 is 0 Å². The van der Waals surface area contributed by atoms with E-state index in [2.05, 4.69) is 0 Å². The zero-order chi connectivity index (χ0) is 17.5. The number of ketones is 1. The Labute approximate surface area is 154 Å². The van der Waals surface area contributed by atoms with Crippen molar-refractivity contribution in [2.75, 3.05) is 0 Å². The monoisotopic (exact) mass is 394 g/mol. The van der Waals surface area contributed by atoms with E-state index in [4.69, 9.17) is 4.74 Å². The van der Waals surface area contributed by atoms with E-state index >= 15 is 0 Å². The molecule has 0 aliphatic rings. The summed E-state index contributed by atoms with van der Waals surface area (Å²) in [6, 6.07) is 28.8. The summed E-state index contributed by atoms with van der Waals surface area (Å²) in [4.78, 5) is 13.1. The molecule has 3 aromatic rings. The zero-order valence-electron chi connectivity index (χ0n) is 13.9. The fourth-order valence-electron chi connectivity index (χ4n) is 2.44.